The van der Waals surface area contributed by atoms with Crippen molar-refractivity contribution in [1.82, 2.24) is 14.8 Å². The monoisotopic (exact) mass is 371 g/mol. The van der Waals surface area contributed by atoms with Crippen LogP contribution in [0.5, 0.6) is 0 Å². The molecular weight excluding hydrogens is 350 g/mol. The molecule has 7 heteroatoms. The number of benzene rings is 1. The lowest BCUT2D eigenvalue weighted by atomic mass is 10.1. The second kappa shape index (κ2) is 7.78. The topological polar surface area (TPSA) is 70.2 Å². The van der Waals surface area contributed by atoms with Gasteiger partial charge in [0.15, 0.2) is 11.0 Å². The number of thioether (sulfide) groups is 1. The van der Waals surface area contributed by atoms with Gasteiger partial charge in [-0.15, -0.1) is 10.2 Å². The Kier molecular flexibility index (Phi) is 5.46. The number of carbonyl (C=O) groups is 1. The summed E-state index contributed by atoms with van der Waals surface area (Å²) in [5.41, 5.74) is 2.69. The highest BCUT2D eigenvalue weighted by atomic mass is 32.2. The Hall–Kier alpha value is -2.54. The van der Waals surface area contributed by atoms with E-state index >= 15 is 0 Å². The number of methoxy groups -OCH3 is 1. The molecule has 136 valence electrons. The molecule has 0 saturated carbocycles. The molecule has 2 aromatic heterocycles. The van der Waals surface area contributed by atoms with Crippen molar-refractivity contribution in [3.05, 3.63) is 53.0 Å². The van der Waals surface area contributed by atoms with Crippen molar-refractivity contribution in [3.63, 3.8) is 0 Å². The quantitative estimate of drug-likeness (QED) is 0.476. The number of carbonyl (C=O) groups excluding carboxylic acids is 1. The Morgan fingerprint density at radius 1 is 1.27 bits per heavy atom. The summed E-state index contributed by atoms with van der Waals surface area (Å²) in [7, 11) is 1.36. The molecule has 0 aliphatic carbocycles. The highest BCUT2D eigenvalue weighted by Gasteiger charge is 2.17. The molecule has 0 aliphatic rings. The maximum atomic E-state index is 11.7. The number of aryl methyl sites for hydroxylation is 2. The van der Waals surface area contributed by atoms with Crippen LogP contribution in [0.15, 0.2) is 39.9 Å². The van der Waals surface area contributed by atoms with Crippen LogP contribution in [0.3, 0.4) is 0 Å². The molecule has 0 radical (unpaired) electrons. The number of hydrogen-bond donors (Lipinski definition) is 0. The van der Waals surface area contributed by atoms with Gasteiger partial charge in [0.1, 0.15) is 17.1 Å². The number of rotatable bonds is 6. The fraction of sp³-hybridized carbons (Fsp3) is 0.316. The minimum Gasteiger partial charge on any atom is -0.465 e. The molecule has 0 spiro atoms. The van der Waals surface area contributed by atoms with E-state index in [4.69, 9.17) is 9.15 Å². The normalized spacial score (nSPS) is 10.9. The van der Waals surface area contributed by atoms with E-state index in [0.29, 0.717) is 22.8 Å². The molecule has 1 aromatic carbocycles. The number of furan rings is 1. The van der Waals surface area contributed by atoms with E-state index in [2.05, 4.69) is 40.7 Å². The Balaban J connectivity index is 1.80. The minimum atomic E-state index is -0.388. The van der Waals surface area contributed by atoms with Gasteiger partial charge in [-0.2, -0.15) is 0 Å². The first-order valence-corrected chi connectivity index (χ1v) is 9.32. The fourth-order valence-corrected chi connectivity index (χ4v) is 3.62. The molecular formula is C19H21N3O3S. The van der Waals surface area contributed by atoms with Gasteiger partial charge in [-0.25, -0.2) is 4.79 Å². The Morgan fingerprint density at radius 3 is 2.77 bits per heavy atom. The van der Waals surface area contributed by atoms with E-state index in [0.717, 1.165) is 23.1 Å². The molecule has 0 amide bonds. The third kappa shape index (κ3) is 3.67. The zero-order valence-corrected chi connectivity index (χ0v) is 16.1. The van der Waals surface area contributed by atoms with Gasteiger partial charge in [0.25, 0.3) is 0 Å². The predicted octanol–water partition coefficient (Wildman–Crippen LogP) is 4.25. The van der Waals surface area contributed by atoms with Crippen molar-refractivity contribution in [1.29, 1.82) is 0 Å². The first kappa shape index (κ1) is 18.3. The second-order valence-corrected chi connectivity index (χ2v) is 6.83. The van der Waals surface area contributed by atoms with E-state index in [9.17, 15) is 4.79 Å². The van der Waals surface area contributed by atoms with Crippen LogP contribution in [-0.2, 0) is 17.0 Å². The predicted molar refractivity (Wildman–Crippen MR) is 100 cm³/mol. The summed E-state index contributed by atoms with van der Waals surface area (Å²) in [5, 5.41) is 9.51. The van der Waals surface area contributed by atoms with Crippen LogP contribution in [0.4, 0.5) is 0 Å². The lowest BCUT2D eigenvalue weighted by Gasteiger charge is -2.07. The lowest BCUT2D eigenvalue weighted by molar-refractivity contribution is 0.0599. The summed E-state index contributed by atoms with van der Waals surface area (Å²) in [6.45, 7) is 6.65. The smallest absolute Gasteiger partial charge is 0.341 e. The van der Waals surface area contributed by atoms with Gasteiger partial charge in [-0.1, -0.05) is 35.5 Å². The zero-order chi connectivity index (χ0) is 18.7. The van der Waals surface area contributed by atoms with E-state index in [1.807, 2.05) is 12.1 Å². The Morgan fingerprint density at radius 2 is 2.08 bits per heavy atom. The van der Waals surface area contributed by atoms with Crippen LogP contribution in [0.1, 0.15) is 34.4 Å². The number of esters is 1. The van der Waals surface area contributed by atoms with Crippen molar-refractivity contribution in [2.24, 2.45) is 0 Å². The van der Waals surface area contributed by atoms with Crippen LogP contribution in [0, 0.1) is 13.8 Å². The first-order chi connectivity index (χ1) is 12.5. The van der Waals surface area contributed by atoms with Crippen LogP contribution < -0.4 is 0 Å². The molecule has 0 atom stereocenters. The van der Waals surface area contributed by atoms with Crippen molar-refractivity contribution in [3.8, 4) is 11.4 Å². The largest absolute Gasteiger partial charge is 0.465 e. The van der Waals surface area contributed by atoms with Gasteiger partial charge in [0.05, 0.1) is 12.9 Å². The molecule has 3 aromatic rings. The highest BCUT2D eigenvalue weighted by molar-refractivity contribution is 7.98. The zero-order valence-electron chi connectivity index (χ0n) is 15.3. The van der Waals surface area contributed by atoms with E-state index < -0.39 is 0 Å². The summed E-state index contributed by atoms with van der Waals surface area (Å²) in [5.74, 6) is 2.29. The fourth-order valence-electron chi connectivity index (χ4n) is 2.74. The SMILES string of the molecule is CCn1c(SCc2cc(C(=O)OC)c(C)o2)nnc1-c1cccc(C)c1. The molecule has 0 bridgehead atoms. The lowest BCUT2D eigenvalue weighted by Crippen LogP contribution is -2.00. The van der Waals surface area contributed by atoms with Gasteiger partial charge in [-0.05, 0) is 32.9 Å². The maximum Gasteiger partial charge on any atom is 0.341 e. The average Bonchev–Trinajstić information content (AvgIpc) is 3.22. The average molecular weight is 371 g/mol. The third-order valence-electron chi connectivity index (χ3n) is 4.03. The summed E-state index contributed by atoms with van der Waals surface area (Å²) < 4.78 is 12.5. The van der Waals surface area contributed by atoms with Crippen molar-refractivity contribution in [2.75, 3.05) is 7.11 Å². The molecule has 0 N–H and O–H groups in total. The van der Waals surface area contributed by atoms with Crippen molar-refractivity contribution < 1.29 is 13.9 Å². The number of ether oxygens (including phenoxy) is 1. The van der Waals surface area contributed by atoms with Gasteiger partial charge >= 0.3 is 5.97 Å². The second-order valence-electron chi connectivity index (χ2n) is 5.88. The van der Waals surface area contributed by atoms with Crippen LogP contribution >= 0.6 is 11.8 Å². The first-order valence-electron chi connectivity index (χ1n) is 8.34. The molecule has 0 aliphatic heterocycles. The Labute approximate surface area is 156 Å². The maximum absolute atomic E-state index is 11.7. The van der Waals surface area contributed by atoms with Gasteiger partial charge < -0.3 is 13.7 Å². The molecule has 3 rings (SSSR count). The molecule has 26 heavy (non-hydrogen) atoms. The van der Waals surface area contributed by atoms with Gasteiger partial charge in [0, 0.05) is 12.1 Å². The molecule has 6 nitrogen and oxygen atoms in total. The summed E-state index contributed by atoms with van der Waals surface area (Å²) >= 11 is 1.53. The Bertz CT molecular complexity index is 930. The third-order valence-corrected chi connectivity index (χ3v) is 5.02. The van der Waals surface area contributed by atoms with E-state index in [1.54, 1.807) is 13.0 Å². The van der Waals surface area contributed by atoms with Crippen LogP contribution in [0.2, 0.25) is 0 Å². The molecule has 0 saturated heterocycles. The highest BCUT2D eigenvalue weighted by Crippen LogP contribution is 2.28. The van der Waals surface area contributed by atoms with Crippen LogP contribution in [0.25, 0.3) is 11.4 Å². The van der Waals surface area contributed by atoms with Crippen LogP contribution in [-0.4, -0.2) is 27.8 Å². The molecule has 0 fully saturated rings. The number of hydrogen-bond acceptors (Lipinski definition) is 6. The number of nitrogens with zero attached hydrogens (tertiary/aromatic N) is 3. The molecule has 0 unspecified atom stereocenters. The standard InChI is InChI=1S/C19H21N3O3S/c1-5-22-17(14-8-6-7-12(2)9-14)20-21-19(22)26-11-15-10-16(13(3)25-15)18(23)24-4/h6-10H,5,11H2,1-4H3. The summed E-state index contributed by atoms with van der Waals surface area (Å²) in [6, 6.07) is 9.94. The molecule has 2 heterocycles. The van der Waals surface area contributed by atoms with Crippen molar-refractivity contribution in [2.45, 2.75) is 38.2 Å². The van der Waals surface area contributed by atoms with Gasteiger partial charge in [-0.3, -0.25) is 0 Å². The summed E-state index contributed by atoms with van der Waals surface area (Å²) in [6.07, 6.45) is 0. The van der Waals surface area contributed by atoms with E-state index in [-0.39, 0.29) is 5.97 Å². The summed E-state index contributed by atoms with van der Waals surface area (Å²) in [4.78, 5) is 11.7. The number of aromatic nitrogens is 3. The minimum absolute atomic E-state index is 0.388. The van der Waals surface area contributed by atoms with Gasteiger partial charge in [0.2, 0.25) is 0 Å². The van der Waals surface area contributed by atoms with Crippen molar-refractivity contribution >= 4 is 17.7 Å². The van der Waals surface area contributed by atoms with E-state index in [1.165, 1.54) is 24.4 Å².